The molecule has 0 aliphatic heterocycles. The molecular weight excluding hydrogens is 262 g/mol. The number of carbonyl (C=O) groups excluding carboxylic acids is 1. The maximum absolute atomic E-state index is 11.7. The van der Waals surface area contributed by atoms with E-state index in [1.807, 2.05) is 0 Å². The van der Waals surface area contributed by atoms with Gasteiger partial charge in [-0.3, -0.25) is 4.79 Å². The molecule has 2 saturated carbocycles. The lowest BCUT2D eigenvalue weighted by Crippen LogP contribution is -2.31. The average Bonchev–Trinajstić information content (AvgIpc) is 2.91. The predicted octanol–water partition coefficient (Wildman–Crippen LogP) is 0.875. The molecule has 0 radical (unpaired) electrons. The first-order valence-electron chi connectivity index (χ1n) is 6.63. The first-order valence-corrected chi connectivity index (χ1v) is 6.63. The van der Waals surface area contributed by atoms with Gasteiger partial charge in [-0.2, -0.15) is 0 Å². The van der Waals surface area contributed by atoms with E-state index in [2.05, 4.69) is 19.0 Å². The molecule has 0 spiro atoms. The minimum absolute atomic E-state index is 0.374. The summed E-state index contributed by atoms with van der Waals surface area (Å²) in [5, 5.41) is 15.6. The van der Waals surface area contributed by atoms with Gasteiger partial charge in [-0.1, -0.05) is 0 Å². The second-order valence-electron chi connectivity index (χ2n) is 5.55. The topological polar surface area (TPSA) is 94.9 Å². The van der Waals surface area contributed by atoms with Crippen LogP contribution in [0.5, 0.6) is 0 Å². The van der Waals surface area contributed by atoms with Crippen LogP contribution in [-0.2, 0) is 14.4 Å². The molecule has 0 saturated heterocycles. The zero-order valence-electron chi connectivity index (χ0n) is 11.8. The maximum Gasteiger partial charge on any atom is 0.328 e. The summed E-state index contributed by atoms with van der Waals surface area (Å²) in [4.78, 5) is 32.9. The molecule has 0 amide bonds. The SMILES string of the molecule is CN(C)CC1C(=O)C2CCC1C2.O=C(O)/C=C/C(=O)O. The predicted molar refractivity (Wildman–Crippen MR) is 72.3 cm³/mol. The number of hydrogen-bond acceptors (Lipinski definition) is 4. The first-order chi connectivity index (χ1) is 9.31. The third-order valence-electron chi connectivity index (χ3n) is 3.74. The van der Waals surface area contributed by atoms with Crippen molar-refractivity contribution in [2.24, 2.45) is 17.8 Å². The largest absolute Gasteiger partial charge is 0.478 e. The van der Waals surface area contributed by atoms with Crippen molar-refractivity contribution in [2.75, 3.05) is 20.6 Å². The van der Waals surface area contributed by atoms with E-state index in [0.29, 0.717) is 29.8 Å². The Bertz CT molecular complexity index is 400. The summed E-state index contributed by atoms with van der Waals surface area (Å²) in [5.41, 5.74) is 0. The molecule has 6 heteroatoms. The van der Waals surface area contributed by atoms with Crippen molar-refractivity contribution in [3.8, 4) is 0 Å². The second kappa shape index (κ2) is 7.19. The van der Waals surface area contributed by atoms with Crippen LogP contribution >= 0.6 is 0 Å². The molecule has 6 nitrogen and oxygen atoms in total. The number of ketones is 1. The molecule has 2 N–H and O–H groups in total. The summed E-state index contributed by atoms with van der Waals surface area (Å²) >= 11 is 0. The molecule has 2 aliphatic carbocycles. The first kappa shape index (κ1) is 16.4. The van der Waals surface area contributed by atoms with Gasteiger partial charge in [-0.25, -0.2) is 9.59 Å². The van der Waals surface area contributed by atoms with Gasteiger partial charge in [0.25, 0.3) is 0 Å². The smallest absolute Gasteiger partial charge is 0.328 e. The highest BCUT2D eigenvalue weighted by Crippen LogP contribution is 2.45. The van der Waals surface area contributed by atoms with Gasteiger partial charge in [0.05, 0.1) is 0 Å². The molecule has 2 aliphatic rings. The zero-order chi connectivity index (χ0) is 15.3. The number of nitrogens with zero attached hydrogens (tertiary/aromatic N) is 1. The van der Waals surface area contributed by atoms with Crippen molar-refractivity contribution in [3.63, 3.8) is 0 Å². The fraction of sp³-hybridized carbons (Fsp3) is 0.643. The molecule has 0 aromatic heterocycles. The summed E-state index contributed by atoms with van der Waals surface area (Å²) in [6.45, 7) is 0.972. The lowest BCUT2D eigenvalue weighted by Gasteiger charge is -2.23. The van der Waals surface area contributed by atoms with E-state index >= 15 is 0 Å². The number of fused-ring (bicyclic) bond motifs is 2. The quantitative estimate of drug-likeness (QED) is 0.744. The number of carbonyl (C=O) groups is 3. The van der Waals surface area contributed by atoms with Crippen LogP contribution in [0, 0.1) is 17.8 Å². The van der Waals surface area contributed by atoms with Gasteiger partial charge in [-0.05, 0) is 39.3 Å². The van der Waals surface area contributed by atoms with Gasteiger partial charge in [-0.15, -0.1) is 0 Å². The molecule has 3 atom stereocenters. The summed E-state index contributed by atoms with van der Waals surface area (Å²) in [6.07, 6.45) is 4.78. The highest BCUT2D eigenvalue weighted by atomic mass is 16.4. The van der Waals surface area contributed by atoms with Crippen LogP contribution in [0.1, 0.15) is 19.3 Å². The van der Waals surface area contributed by atoms with Gasteiger partial charge < -0.3 is 15.1 Å². The van der Waals surface area contributed by atoms with E-state index in [4.69, 9.17) is 10.2 Å². The van der Waals surface area contributed by atoms with Crippen molar-refractivity contribution in [2.45, 2.75) is 19.3 Å². The number of Topliss-reactive ketones (excluding diaryl/α,β-unsaturated/α-hetero) is 1. The highest BCUT2D eigenvalue weighted by Gasteiger charge is 2.46. The average molecular weight is 283 g/mol. The van der Waals surface area contributed by atoms with Crippen LogP contribution in [0.15, 0.2) is 12.2 Å². The fourth-order valence-electron chi connectivity index (χ4n) is 2.95. The van der Waals surface area contributed by atoms with Crippen molar-refractivity contribution in [1.82, 2.24) is 4.90 Å². The van der Waals surface area contributed by atoms with Crippen molar-refractivity contribution in [3.05, 3.63) is 12.2 Å². The lowest BCUT2D eigenvalue weighted by atomic mass is 9.87. The Morgan fingerprint density at radius 2 is 1.75 bits per heavy atom. The molecule has 2 fully saturated rings. The molecule has 0 heterocycles. The van der Waals surface area contributed by atoms with Gasteiger partial charge >= 0.3 is 11.9 Å². The van der Waals surface area contributed by atoms with Crippen LogP contribution in [-0.4, -0.2) is 53.5 Å². The lowest BCUT2D eigenvalue weighted by molar-refractivity contribution is -0.134. The van der Waals surface area contributed by atoms with Crippen molar-refractivity contribution >= 4 is 17.7 Å². The monoisotopic (exact) mass is 283 g/mol. The van der Waals surface area contributed by atoms with E-state index in [1.165, 1.54) is 19.3 Å². The van der Waals surface area contributed by atoms with Gasteiger partial charge in [0, 0.05) is 30.5 Å². The van der Waals surface area contributed by atoms with Crippen LogP contribution in [0.3, 0.4) is 0 Å². The number of aliphatic carboxylic acids is 2. The van der Waals surface area contributed by atoms with E-state index in [0.717, 1.165) is 12.5 Å². The van der Waals surface area contributed by atoms with Crippen molar-refractivity contribution in [1.29, 1.82) is 0 Å². The Morgan fingerprint density at radius 1 is 1.20 bits per heavy atom. The van der Waals surface area contributed by atoms with Crippen LogP contribution < -0.4 is 0 Å². The normalized spacial score (nSPS) is 27.8. The third-order valence-corrected chi connectivity index (χ3v) is 3.74. The fourth-order valence-corrected chi connectivity index (χ4v) is 2.95. The van der Waals surface area contributed by atoms with Crippen LogP contribution in [0.25, 0.3) is 0 Å². The Labute approximate surface area is 118 Å². The number of carboxylic acid groups (broad SMARTS) is 2. The number of carboxylic acids is 2. The molecule has 0 aromatic rings. The number of hydrogen-bond donors (Lipinski definition) is 2. The van der Waals surface area contributed by atoms with E-state index in [-0.39, 0.29) is 0 Å². The molecule has 20 heavy (non-hydrogen) atoms. The molecule has 2 bridgehead atoms. The molecule has 112 valence electrons. The highest BCUT2D eigenvalue weighted by molar-refractivity contribution is 5.89. The summed E-state index contributed by atoms with van der Waals surface area (Å²) < 4.78 is 0. The molecule has 2 rings (SSSR count). The standard InChI is InChI=1S/C10H17NO.C4H4O4/c1-11(2)6-9-7-3-4-8(5-7)10(9)12;5-3(6)1-2-4(7)8/h7-9H,3-6H2,1-2H3;1-2H,(H,5,6)(H,7,8)/b;2-1+. The number of rotatable bonds is 4. The summed E-state index contributed by atoms with van der Waals surface area (Å²) in [6, 6.07) is 0. The summed E-state index contributed by atoms with van der Waals surface area (Å²) in [7, 11) is 4.11. The van der Waals surface area contributed by atoms with Crippen LogP contribution in [0.4, 0.5) is 0 Å². The third kappa shape index (κ3) is 4.77. The summed E-state index contributed by atoms with van der Waals surface area (Å²) in [5.74, 6) is -0.414. The van der Waals surface area contributed by atoms with Crippen LogP contribution in [0.2, 0.25) is 0 Å². The van der Waals surface area contributed by atoms with E-state index in [9.17, 15) is 14.4 Å². The van der Waals surface area contributed by atoms with Gasteiger partial charge in [0.1, 0.15) is 5.78 Å². The van der Waals surface area contributed by atoms with E-state index in [1.54, 1.807) is 0 Å². The Kier molecular flexibility index (Phi) is 5.88. The Morgan fingerprint density at radius 3 is 2.10 bits per heavy atom. The molecule has 3 unspecified atom stereocenters. The Hall–Kier alpha value is -1.69. The minimum atomic E-state index is -1.26. The van der Waals surface area contributed by atoms with Crippen molar-refractivity contribution < 1.29 is 24.6 Å². The van der Waals surface area contributed by atoms with Gasteiger partial charge in [0.2, 0.25) is 0 Å². The maximum atomic E-state index is 11.7. The molecular formula is C14H21NO5. The molecule has 0 aromatic carbocycles. The van der Waals surface area contributed by atoms with E-state index < -0.39 is 11.9 Å². The zero-order valence-corrected chi connectivity index (χ0v) is 11.8. The second-order valence-corrected chi connectivity index (χ2v) is 5.55. The Balaban J connectivity index is 0.000000221. The van der Waals surface area contributed by atoms with Gasteiger partial charge in [0.15, 0.2) is 0 Å². The minimum Gasteiger partial charge on any atom is -0.478 e.